The summed E-state index contributed by atoms with van der Waals surface area (Å²) in [6, 6.07) is 22.1. The molecule has 0 bridgehead atoms. The van der Waals surface area contributed by atoms with E-state index in [-0.39, 0.29) is 23.8 Å². The van der Waals surface area contributed by atoms with E-state index in [0.717, 1.165) is 29.0 Å². The summed E-state index contributed by atoms with van der Waals surface area (Å²) in [7, 11) is 1.66. The Morgan fingerprint density at radius 3 is 2.49 bits per heavy atom. The number of rotatable bonds is 10. The zero-order chi connectivity index (χ0) is 24.6. The summed E-state index contributed by atoms with van der Waals surface area (Å²) >= 11 is 6.42. The highest BCUT2D eigenvalue weighted by molar-refractivity contribution is 6.31. The van der Waals surface area contributed by atoms with E-state index in [0.29, 0.717) is 37.5 Å². The van der Waals surface area contributed by atoms with Gasteiger partial charge < -0.3 is 15.4 Å². The van der Waals surface area contributed by atoms with E-state index in [1.165, 1.54) is 12.1 Å². The molecule has 5 nitrogen and oxygen atoms in total. The minimum atomic E-state index is -0.257. The zero-order valence-corrected chi connectivity index (χ0v) is 20.6. The summed E-state index contributed by atoms with van der Waals surface area (Å²) < 4.78 is 18.4. The van der Waals surface area contributed by atoms with Gasteiger partial charge in [0, 0.05) is 37.2 Å². The predicted octanol–water partition coefficient (Wildman–Crippen LogP) is 4.58. The van der Waals surface area contributed by atoms with Crippen LogP contribution >= 0.6 is 11.6 Å². The van der Waals surface area contributed by atoms with E-state index in [2.05, 4.69) is 15.5 Å². The Labute approximate surface area is 211 Å². The number of hydrogen-bond acceptors (Lipinski definition) is 4. The quantitative estimate of drug-likeness (QED) is 0.432. The third-order valence-electron chi connectivity index (χ3n) is 6.42. The largest absolute Gasteiger partial charge is 0.497 e. The van der Waals surface area contributed by atoms with Gasteiger partial charge in [-0.2, -0.15) is 0 Å². The first-order chi connectivity index (χ1) is 17.0. The Morgan fingerprint density at radius 2 is 1.77 bits per heavy atom. The van der Waals surface area contributed by atoms with Crippen LogP contribution in [0.5, 0.6) is 5.75 Å². The SMILES string of the molecule is COc1ccc(CN[C@H]2C[C@@H](C(=O)NCCc3ccc(F)cc3)N(Cc3ccccc3Cl)C2)cc1. The molecule has 3 aromatic carbocycles. The fourth-order valence-corrected chi connectivity index (χ4v) is 4.64. The second-order valence-electron chi connectivity index (χ2n) is 8.87. The van der Waals surface area contributed by atoms with Crippen molar-refractivity contribution < 1.29 is 13.9 Å². The van der Waals surface area contributed by atoms with Gasteiger partial charge in [0.15, 0.2) is 0 Å². The van der Waals surface area contributed by atoms with Crippen molar-refractivity contribution in [3.8, 4) is 5.75 Å². The molecule has 1 amide bonds. The monoisotopic (exact) mass is 495 g/mol. The minimum absolute atomic E-state index is 0.00733. The van der Waals surface area contributed by atoms with Crippen molar-refractivity contribution in [2.45, 2.75) is 38.0 Å². The number of ether oxygens (including phenoxy) is 1. The number of likely N-dealkylation sites (tertiary alicyclic amines) is 1. The molecule has 0 radical (unpaired) electrons. The molecule has 0 spiro atoms. The summed E-state index contributed by atoms with van der Waals surface area (Å²) in [6.07, 6.45) is 1.37. The van der Waals surface area contributed by atoms with Crippen LogP contribution in [-0.4, -0.2) is 43.1 Å². The fraction of sp³-hybridized carbons (Fsp3) is 0.321. The Bertz CT molecular complexity index is 1110. The van der Waals surface area contributed by atoms with E-state index >= 15 is 0 Å². The molecule has 1 heterocycles. The third kappa shape index (κ3) is 7.04. The maximum absolute atomic E-state index is 13.2. The van der Waals surface area contributed by atoms with E-state index in [9.17, 15) is 9.18 Å². The summed E-state index contributed by atoms with van der Waals surface area (Å²) in [6.45, 7) is 2.58. The lowest BCUT2D eigenvalue weighted by molar-refractivity contribution is -0.125. The average molecular weight is 496 g/mol. The molecule has 184 valence electrons. The lowest BCUT2D eigenvalue weighted by atomic mass is 10.1. The van der Waals surface area contributed by atoms with Crippen LogP contribution in [0, 0.1) is 5.82 Å². The van der Waals surface area contributed by atoms with Crippen molar-refractivity contribution in [3.05, 3.63) is 100 Å². The van der Waals surface area contributed by atoms with Crippen molar-refractivity contribution in [1.82, 2.24) is 15.5 Å². The van der Waals surface area contributed by atoms with Crippen LogP contribution < -0.4 is 15.4 Å². The molecule has 1 fully saturated rings. The highest BCUT2D eigenvalue weighted by atomic mass is 35.5. The zero-order valence-electron chi connectivity index (χ0n) is 19.8. The van der Waals surface area contributed by atoms with Gasteiger partial charge in [0.05, 0.1) is 13.2 Å². The number of nitrogens with zero attached hydrogens (tertiary/aromatic N) is 1. The van der Waals surface area contributed by atoms with E-state index in [1.54, 1.807) is 19.2 Å². The fourth-order valence-electron chi connectivity index (χ4n) is 4.45. The Balaban J connectivity index is 1.37. The van der Waals surface area contributed by atoms with E-state index in [4.69, 9.17) is 16.3 Å². The number of carbonyl (C=O) groups excluding carboxylic acids is 1. The summed E-state index contributed by atoms with van der Waals surface area (Å²) in [5.74, 6) is 0.581. The van der Waals surface area contributed by atoms with Gasteiger partial charge in [-0.3, -0.25) is 9.69 Å². The van der Waals surface area contributed by atoms with Crippen LogP contribution in [0.1, 0.15) is 23.1 Å². The lowest BCUT2D eigenvalue weighted by Crippen LogP contribution is -2.43. The van der Waals surface area contributed by atoms with Gasteiger partial charge in [-0.05, 0) is 59.9 Å². The lowest BCUT2D eigenvalue weighted by Gasteiger charge is -2.24. The van der Waals surface area contributed by atoms with Crippen LogP contribution in [0.15, 0.2) is 72.8 Å². The number of benzene rings is 3. The first kappa shape index (κ1) is 25.2. The number of methoxy groups -OCH3 is 1. The van der Waals surface area contributed by atoms with Crippen LogP contribution in [0.25, 0.3) is 0 Å². The summed E-state index contributed by atoms with van der Waals surface area (Å²) in [5.41, 5.74) is 3.16. The number of hydrogen-bond donors (Lipinski definition) is 2. The minimum Gasteiger partial charge on any atom is -0.497 e. The number of nitrogens with one attached hydrogen (secondary N) is 2. The number of halogens is 2. The van der Waals surface area contributed by atoms with Crippen molar-refractivity contribution >= 4 is 17.5 Å². The first-order valence-corrected chi connectivity index (χ1v) is 12.3. The molecular formula is C28H31ClFN3O2. The smallest absolute Gasteiger partial charge is 0.237 e. The molecule has 2 N–H and O–H groups in total. The van der Waals surface area contributed by atoms with Crippen LogP contribution in [0.4, 0.5) is 4.39 Å². The summed E-state index contributed by atoms with van der Waals surface area (Å²) in [5, 5.41) is 7.39. The second-order valence-corrected chi connectivity index (χ2v) is 9.27. The van der Waals surface area contributed by atoms with Crippen LogP contribution in [-0.2, 0) is 24.3 Å². The van der Waals surface area contributed by atoms with Gasteiger partial charge >= 0.3 is 0 Å². The number of amides is 1. The van der Waals surface area contributed by atoms with E-state index < -0.39 is 0 Å². The molecule has 35 heavy (non-hydrogen) atoms. The van der Waals surface area contributed by atoms with Gasteiger partial charge in [-0.1, -0.05) is 54.1 Å². The molecule has 1 aliphatic rings. The Morgan fingerprint density at radius 1 is 1.06 bits per heavy atom. The molecule has 1 aliphatic heterocycles. The van der Waals surface area contributed by atoms with E-state index in [1.807, 2.05) is 48.5 Å². The molecule has 0 saturated carbocycles. The van der Waals surface area contributed by atoms with Crippen LogP contribution in [0.2, 0.25) is 5.02 Å². The molecular weight excluding hydrogens is 465 g/mol. The maximum atomic E-state index is 13.2. The average Bonchev–Trinajstić information content (AvgIpc) is 3.28. The highest BCUT2D eigenvalue weighted by Gasteiger charge is 2.36. The Hall–Kier alpha value is -2.93. The molecule has 0 unspecified atom stereocenters. The standard InChI is InChI=1S/C28H31ClFN3O2/c1-35-25-12-8-21(9-13-25)17-32-24-16-27(33(19-24)18-22-4-2-3-5-26(22)29)28(34)31-15-14-20-6-10-23(30)11-7-20/h2-13,24,27,32H,14-19H2,1H3,(H,31,34)/t24-,27-/m0/s1. The molecule has 2 atom stereocenters. The Kier molecular flexibility index (Phi) is 8.74. The topological polar surface area (TPSA) is 53.6 Å². The van der Waals surface area contributed by atoms with Gasteiger partial charge in [-0.25, -0.2) is 4.39 Å². The van der Waals surface area contributed by atoms with Gasteiger partial charge in [-0.15, -0.1) is 0 Å². The second kappa shape index (κ2) is 12.2. The van der Waals surface area contributed by atoms with Gasteiger partial charge in [0.2, 0.25) is 5.91 Å². The molecule has 0 aliphatic carbocycles. The first-order valence-electron chi connectivity index (χ1n) is 11.9. The molecule has 7 heteroatoms. The molecule has 4 rings (SSSR count). The van der Waals surface area contributed by atoms with Crippen molar-refractivity contribution in [2.75, 3.05) is 20.2 Å². The van der Waals surface area contributed by atoms with Gasteiger partial charge in [0.25, 0.3) is 0 Å². The maximum Gasteiger partial charge on any atom is 0.237 e. The van der Waals surface area contributed by atoms with Crippen molar-refractivity contribution in [2.24, 2.45) is 0 Å². The van der Waals surface area contributed by atoms with Gasteiger partial charge in [0.1, 0.15) is 11.6 Å². The summed E-state index contributed by atoms with van der Waals surface area (Å²) in [4.78, 5) is 15.4. The molecule has 3 aromatic rings. The van der Waals surface area contributed by atoms with Crippen molar-refractivity contribution in [1.29, 1.82) is 0 Å². The third-order valence-corrected chi connectivity index (χ3v) is 6.79. The van der Waals surface area contributed by atoms with Crippen molar-refractivity contribution in [3.63, 3.8) is 0 Å². The normalized spacial score (nSPS) is 17.9. The number of carbonyl (C=O) groups is 1. The molecule has 0 aromatic heterocycles. The van der Waals surface area contributed by atoms with Crippen LogP contribution in [0.3, 0.4) is 0 Å². The highest BCUT2D eigenvalue weighted by Crippen LogP contribution is 2.25. The predicted molar refractivity (Wildman–Crippen MR) is 137 cm³/mol. The molecule has 1 saturated heterocycles.